The average Bonchev–Trinajstić information content (AvgIpc) is 2.74. The summed E-state index contributed by atoms with van der Waals surface area (Å²) in [4.78, 5) is 6.60. The summed E-state index contributed by atoms with van der Waals surface area (Å²) in [5, 5.41) is 8.35. The first-order valence-corrected chi connectivity index (χ1v) is 5.13. The number of nitrogens with zero attached hydrogens (tertiary/aromatic N) is 4. The van der Waals surface area contributed by atoms with Crippen LogP contribution in [0.2, 0.25) is 0 Å². The molecule has 0 aromatic carbocycles. The Bertz CT molecular complexity index is 377. The molecule has 5 heteroatoms. The van der Waals surface area contributed by atoms with E-state index in [1.165, 1.54) is 0 Å². The fraction of sp³-hybridized carbons (Fsp3) is 0.500. The van der Waals surface area contributed by atoms with Gasteiger partial charge in [0.05, 0.1) is 18.9 Å². The van der Waals surface area contributed by atoms with E-state index in [9.17, 15) is 0 Å². The number of hydrogen-bond donors (Lipinski definition) is 0. The number of allylic oxidation sites excluding steroid dienone is 1. The minimum Gasteiger partial charge on any atom is -0.378 e. The van der Waals surface area contributed by atoms with Gasteiger partial charge in [0.25, 0.3) is 0 Å². The summed E-state index contributed by atoms with van der Waals surface area (Å²) in [7, 11) is 0. The molecule has 1 atom stereocenters. The Labute approximate surface area is 87.8 Å². The van der Waals surface area contributed by atoms with E-state index in [-0.39, 0.29) is 6.04 Å². The molecular weight excluding hydrogens is 192 g/mol. The van der Waals surface area contributed by atoms with Crippen molar-refractivity contribution in [3.8, 4) is 0 Å². The number of rotatable bonds is 0. The van der Waals surface area contributed by atoms with Crippen LogP contribution in [0.15, 0.2) is 27.3 Å². The van der Waals surface area contributed by atoms with Crippen molar-refractivity contribution >= 4 is 17.8 Å². The Kier molecular flexibility index (Phi) is 2.10. The number of aliphatic imine (C=N–C) groups is 1. The Morgan fingerprint density at radius 1 is 1.27 bits per heavy atom. The average molecular weight is 204 g/mol. The smallest absolute Gasteiger partial charge is 0.158 e. The lowest BCUT2D eigenvalue weighted by molar-refractivity contribution is 0.0673. The van der Waals surface area contributed by atoms with Crippen LogP contribution in [-0.4, -0.2) is 55.0 Å². The molecule has 0 unspecified atom stereocenters. The molecule has 0 saturated carbocycles. The van der Waals surface area contributed by atoms with Gasteiger partial charge >= 0.3 is 0 Å². The molecule has 0 aliphatic carbocycles. The summed E-state index contributed by atoms with van der Waals surface area (Å²) in [5.41, 5.74) is 0.944. The minimum absolute atomic E-state index is 0.0214. The minimum atomic E-state index is 0.0214. The second-order valence-corrected chi connectivity index (χ2v) is 3.64. The van der Waals surface area contributed by atoms with E-state index in [1.807, 2.05) is 18.4 Å². The number of morpholine rings is 1. The van der Waals surface area contributed by atoms with Gasteiger partial charge in [0.2, 0.25) is 0 Å². The van der Waals surface area contributed by atoms with Crippen LogP contribution in [0, 0.1) is 0 Å². The zero-order chi connectivity index (χ0) is 10.1. The lowest BCUT2D eigenvalue weighted by Crippen LogP contribution is -2.46. The van der Waals surface area contributed by atoms with Crippen LogP contribution >= 0.6 is 0 Å². The van der Waals surface area contributed by atoms with E-state index in [0.29, 0.717) is 0 Å². The summed E-state index contributed by atoms with van der Waals surface area (Å²) < 4.78 is 5.31. The molecule has 5 nitrogen and oxygen atoms in total. The van der Waals surface area contributed by atoms with E-state index in [1.54, 1.807) is 0 Å². The van der Waals surface area contributed by atoms with Gasteiger partial charge in [0.15, 0.2) is 11.9 Å². The molecule has 3 aliphatic heterocycles. The van der Waals surface area contributed by atoms with Gasteiger partial charge in [-0.05, 0) is 12.2 Å². The fourth-order valence-electron chi connectivity index (χ4n) is 1.92. The van der Waals surface area contributed by atoms with Gasteiger partial charge in [0, 0.05) is 19.3 Å². The second kappa shape index (κ2) is 3.58. The van der Waals surface area contributed by atoms with E-state index >= 15 is 0 Å². The zero-order valence-electron chi connectivity index (χ0n) is 8.33. The molecule has 0 radical (unpaired) electrons. The van der Waals surface area contributed by atoms with Gasteiger partial charge in [-0.1, -0.05) is 0 Å². The normalized spacial score (nSPS) is 28.8. The van der Waals surface area contributed by atoms with Crippen molar-refractivity contribution in [3.63, 3.8) is 0 Å². The first-order valence-electron chi connectivity index (χ1n) is 5.13. The van der Waals surface area contributed by atoms with Crippen molar-refractivity contribution in [2.45, 2.75) is 6.04 Å². The van der Waals surface area contributed by atoms with E-state index in [4.69, 9.17) is 4.74 Å². The molecule has 15 heavy (non-hydrogen) atoms. The van der Waals surface area contributed by atoms with Crippen molar-refractivity contribution in [3.05, 3.63) is 12.2 Å². The largest absolute Gasteiger partial charge is 0.378 e. The van der Waals surface area contributed by atoms with Gasteiger partial charge in [-0.25, -0.2) is 0 Å². The van der Waals surface area contributed by atoms with Crippen LogP contribution in [0.25, 0.3) is 0 Å². The van der Waals surface area contributed by atoms with E-state index in [2.05, 4.69) is 20.1 Å². The molecule has 3 rings (SSSR count). The highest BCUT2D eigenvalue weighted by atomic mass is 16.5. The molecule has 3 heterocycles. The van der Waals surface area contributed by atoms with Crippen LogP contribution in [0.4, 0.5) is 0 Å². The number of dihydropyridines is 1. The standard InChI is InChI=1S/C10H12N4O/c1-2-8-9(11-3-1)10(13-12-8)14-4-6-15-7-5-14/h1-3,9H,4-7H2/t9-/m0/s1. The molecule has 1 fully saturated rings. The SMILES string of the molecule is C1=CC2=NN=C(N3CCOCC3)[C@H]2N=C1. The summed E-state index contributed by atoms with van der Waals surface area (Å²) in [6.07, 6.45) is 5.67. The van der Waals surface area contributed by atoms with Gasteiger partial charge in [-0.3, -0.25) is 4.99 Å². The molecule has 0 aromatic rings. The Morgan fingerprint density at radius 3 is 3.00 bits per heavy atom. The quantitative estimate of drug-likeness (QED) is 0.561. The van der Waals surface area contributed by atoms with Crippen LogP contribution in [0.5, 0.6) is 0 Å². The predicted molar refractivity (Wildman–Crippen MR) is 58.7 cm³/mol. The molecule has 3 aliphatic rings. The van der Waals surface area contributed by atoms with E-state index in [0.717, 1.165) is 37.9 Å². The summed E-state index contributed by atoms with van der Waals surface area (Å²) in [6, 6.07) is 0.0214. The Balaban J connectivity index is 1.79. The zero-order valence-corrected chi connectivity index (χ0v) is 8.33. The highest BCUT2D eigenvalue weighted by molar-refractivity contribution is 6.20. The van der Waals surface area contributed by atoms with Crippen LogP contribution in [0.1, 0.15) is 0 Å². The highest BCUT2D eigenvalue weighted by Gasteiger charge is 2.30. The van der Waals surface area contributed by atoms with Crippen LogP contribution in [0.3, 0.4) is 0 Å². The first kappa shape index (κ1) is 8.79. The molecule has 78 valence electrons. The third-order valence-electron chi connectivity index (χ3n) is 2.72. The van der Waals surface area contributed by atoms with E-state index < -0.39 is 0 Å². The maximum Gasteiger partial charge on any atom is 0.158 e. The monoisotopic (exact) mass is 204 g/mol. The highest BCUT2D eigenvalue weighted by Crippen LogP contribution is 2.15. The Hall–Kier alpha value is -1.49. The number of hydrogen-bond acceptors (Lipinski definition) is 5. The molecular formula is C10H12N4O. The molecule has 0 N–H and O–H groups in total. The fourth-order valence-corrected chi connectivity index (χ4v) is 1.92. The van der Waals surface area contributed by atoms with Gasteiger partial charge in [0.1, 0.15) is 0 Å². The van der Waals surface area contributed by atoms with Crippen molar-refractivity contribution in [2.75, 3.05) is 26.3 Å². The molecule has 0 amide bonds. The lowest BCUT2D eigenvalue weighted by Gasteiger charge is -2.30. The third-order valence-corrected chi connectivity index (χ3v) is 2.72. The molecule has 0 bridgehead atoms. The maximum absolute atomic E-state index is 5.31. The summed E-state index contributed by atoms with van der Waals surface area (Å²) in [6.45, 7) is 3.30. The van der Waals surface area contributed by atoms with Gasteiger partial charge in [-0.15, -0.1) is 5.10 Å². The number of fused-ring (bicyclic) bond motifs is 1. The summed E-state index contributed by atoms with van der Waals surface area (Å²) in [5.74, 6) is 0.967. The van der Waals surface area contributed by atoms with Gasteiger partial charge < -0.3 is 9.64 Å². The Morgan fingerprint density at radius 2 is 2.13 bits per heavy atom. The molecule has 1 saturated heterocycles. The predicted octanol–water partition coefficient (Wildman–Crippen LogP) is 0.0959. The van der Waals surface area contributed by atoms with Crippen LogP contribution in [-0.2, 0) is 4.74 Å². The van der Waals surface area contributed by atoms with Gasteiger partial charge in [-0.2, -0.15) is 5.10 Å². The van der Waals surface area contributed by atoms with Crippen molar-refractivity contribution in [2.24, 2.45) is 15.2 Å². The third kappa shape index (κ3) is 1.48. The maximum atomic E-state index is 5.31. The van der Waals surface area contributed by atoms with Crippen molar-refractivity contribution in [1.29, 1.82) is 0 Å². The molecule has 0 aromatic heterocycles. The topological polar surface area (TPSA) is 49.5 Å². The number of amidine groups is 1. The lowest BCUT2D eigenvalue weighted by atomic mass is 10.1. The van der Waals surface area contributed by atoms with Crippen LogP contribution < -0.4 is 0 Å². The number of ether oxygens (including phenoxy) is 1. The second-order valence-electron chi connectivity index (χ2n) is 3.64. The van der Waals surface area contributed by atoms with Crippen molar-refractivity contribution in [1.82, 2.24) is 4.90 Å². The van der Waals surface area contributed by atoms with Crippen molar-refractivity contribution < 1.29 is 4.74 Å². The first-order chi connectivity index (χ1) is 7.45. The molecule has 0 spiro atoms. The summed E-state index contributed by atoms with van der Waals surface area (Å²) >= 11 is 0.